The second-order valence-electron chi connectivity index (χ2n) is 3.80. The van der Waals surface area contributed by atoms with E-state index in [1.54, 1.807) is 6.07 Å². The van der Waals surface area contributed by atoms with Gasteiger partial charge in [-0.1, -0.05) is 18.2 Å². The molecule has 6 heteroatoms. The van der Waals surface area contributed by atoms with Crippen molar-refractivity contribution in [1.29, 1.82) is 0 Å². The highest BCUT2D eigenvalue weighted by Crippen LogP contribution is 2.22. The number of rotatable bonds is 2. The summed E-state index contributed by atoms with van der Waals surface area (Å²) in [5, 5.41) is 9.74. The number of fused-ring (bicyclic) bond motifs is 1. The molecule has 0 aliphatic carbocycles. The highest BCUT2D eigenvalue weighted by atomic mass is 16.3. The van der Waals surface area contributed by atoms with E-state index in [1.807, 2.05) is 18.2 Å². The van der Waals surface area contributed by atoms with E-state index in [0.717, 1.165) is 5.39 Å². The van der Waals surface area contributed by atoms with Gasteiger partial charge in [-0.05, 0) is 6.07 Å². The summed E-state index contributed by atoms with van der Waals surface area (Å²) in [7, 11) is 0. The third-order valence-electron chi connectivity index (χ3n) is 2.63. The molecule has 3 rings (SSSR count). The lowest BCUT2D eigenvalue weighted by Crippen LogP contribution is -2.12. The molecule has 0 saturated heterocycles. The summed E-state index contributed by atoms with van der Waals surface area (Å²) in [5.74, 6) is 0.0844. The van der Waals surface area contributed by atoms with Gasteiger partial charge in [0.1, 0.15) is 11.8 Å². The zero-order valence-corrected chi connectivity index (χ0v) is 9.31. The molecule has 1 aromatic carbocycles. The number of amides is 1. The van der Waals surface area contributed by atoms with Crippen LogP contribution in [0.15, 0.2) is 41.1 Å². The number of carbonyl (C=O) groups excluding carboxylic acids is 1. The van der Waals surface area contributed by atoms with Crippen molar-refractivity contribution < 1.29 is 9.21 Å². The summed E-state index contributed by atoms with van der Waals surface area (Å²) in [4.78, 5) is 12.1. The molecule has 0 aliphatic rings. The van der Waals surface area contributed by atoms with Crippen molar-refractivity contribution in [2.45, 2.75) is 0 Å². The van der Waals surface area contributed by atoms with Crippen LogP contribution in [0.25, 0.3) is 11.0 Å². The second kappa shape index (κ2) is 3.92. The predicted octanol–water partition coefficient (Wildman–Crippen LogP) is 1.99. The number of nitrogens with one attached hydrogen (secondary N) is 2. The Morgan fingerprint density at radius 2 is 2.22 bits per heavy atom. The van der Waals surface area contributed by atoms with Crippen LogP contribution in [0.3, 0.4) is 0 Å². The number of hydrogen-bond acceptors (Lipinski definition) is 4. The van der Waals surface area contributed by atoms with Crippen molar-refractivity contribution in [3.8, 4) is 0 Å². The maximum atomic E-state index is 12.1. The summed E-state index contributed by atoms with van der Waals surface area (Å²) in [6.45, 7) is 0. The Kier molecular flexibility index (Phi) is 2.26. The Morgan fingerprint density at radius 3 is 3.00 bits per heavy atom. The fraction of sp³-hybridized carbons (Fsp3) is 0. The fourth-order valence-electron chi connectivity index (χ4n) is 1.73. The van der Waals surface area contributed by atoms with Crippen molar-refractivity contribution in [2.75, 3.05) is 11.1 Å². The first-order chi connectivity index (χ1) is 8.75. The van der Waals surface area contributed by atoms with Gasteiger partial charge in [-0.2, -0.15) is 5.10 Å². The fourth-order valence-corrected chi connectivity index (χ4v) is 1.73. The third-order valence-corrected chi connectivity index (χ3v) is 2.63. The molecule has 0 unspecified atom stereocenters. The smallest absolute Gasteiger partial charge is 0.260 e. The van der Waals surface area contributed by atoms with E-state index in [1.165, 1.54) is 12.5 Å². The van der Waals surface area contributed by atoms with Gasteiger partial charge in [-0.3, -0.25) is 9.89 Å². The molecule has 2 heterocycles. The number of anilines is 2. The maximum Gasteiger partial charge on any atom is 0.260 e. The molecule has 6 nitrogen and oxygen atoms in total. The van der Waals surface area contributed by atoms with Crippen molar-refractivity contribution >= 4 is 28.4 Å². The van der Waals surface area contributed by atoms with E-state index < -0.39 is 0 Å². The van der Waals surface area contributed by atoms with E-state index in [9.17, 15) is 4.79 Å². The van der Waals surface area contributed by atoms with Crippen LogP contribution in [0, 0.1) is 0 Å². The molecule has 0 radical (unpaired) electrons. The lowest BCUT2D eigenvalue weighted by atomic mass is 10.1. The van der Waals surface area contributed by atoms with Crippen LogP contribution >= 0.6 is 0 Å². The number of nitrogens with zero attached hydrogens (tertiary/aromatic N) is 1. The molecule has 0 saturated carbocycles. The number of H-pyrrole nitrogens is 1. The molecular weight excluding hydrogens is 232 g/mol. The molecule has 90 valence electrons. The Bertz CT molecular complexity index is 714. The molecule has 4 N–H and O–H groups in total. The second-order valence-corrected chi connectivity index (χ2v) is 3.80. The predicted molar refractivity (Wildman–Crippen MR) is 67.2 cm³/mol. The van der Waals surface area contributed by atoms with E-state index in [0.29, 0.717) is 22.7 Å². The van der Waals surface area contributed by atoms with E-state index in [-0.39, 0.29) is 5.91 Å². The summed E-state index contributed by atoms with van der Waals surface area (Å²) < 4.78 is 5.30. The number of nitrogen functional groups attached to an aromatic ring is 1. The quantitative estimate of drug-likeness (QED) is 0.640. The lowest BCUT2D eigenvalue weighted by molar-refractivity contribution is 0.102. The molecule has 1 amide bonds. The zero-order chi connectivity index (χ0) is 12.5. The summed E-state index contributed by atoms with van der Waals surface area (Å²) in [5.41, 5.74) is 7.13. The standard InChI is InChI=1S/C12H10N4O2/c13-9-5-14-16-11(9)15-12(17)8-6-18-10-4-2-1-3-7(8)10/h1-6H,13H2,(H2,14,15,16,17). The molecule has 0 spiro atoms. The van der Waals surface area contributed by atoms with Crippen molar-refractivity contribution in [2.24, 2.45) is 0 Å². The largest absolute Gasteiger partial charge is 0.463 e. The minimum absolute atomic E-state index is 0.295. The SMILES string of the molecule is Nc1cn[nH]c1NC(=O)c1coc2ccccc12. The number of furan rings is 1. The average molecular weight is 242 g/mol. The maximum absolute atomic E-state index is 12.1. The molecule has 0 fully saturated rings. The van der Waals surface area contributed by atoms with Crippen molar-refractivity contribution in [3.63, 3.8) is 0 Å². The minimum Gasteiger partial charge on any atom is -0.463 e. The van der Waals surface area contributed by atoms with Crippen LogP contribution in [0.5, 0.6) is 0 Å². The van der Waals surface area contributed by atoms with Crippen LogP contribution in [-0.2, 0) is 0 Å². The minimum atomic E-state index is -0.295. The van der Waals surface area contributed by atoms with Gasteiger partial charge in [0.15, 0.2) is 5.82 Å². The Labute approximate surface area is 102 Å². The normalized spacial score (nSPS) is 10.7. The first-order valence-corrected chi connectivity index (χ1v) is 5.32. The third kappa shape index (κ3) is 1.60. The topological polar surface area (TPSA) is 96.9 Å². The molecule has 2 aromatic heterocycles. The van der Waals surface area contributed by atoms with Crippen molar-refractivity contribution in [3.05, 3.63) is 42.3 Å². The van der Waals surface area contributed by atoms with Gasteiger partial charge in [0, 0.05) is 5.39 Å². The van der Waals surface area contributed by atoms with Gasteiger partial charge < -0.3 is 15.5 Å². The summed E-state index contributed by atoms with van der Waals surface area (Å²) >= 11 is 0. The highest BCUT2D eigenvalue weighted by Gasteiger charge is 2.14. The van der Waals surface area contributed by atoms with Crippen LogP contribution in [0.2, 0.25) is 0 Å². The average Bonchev–Trinajstić information content (AvgIpc) is 2.96. The number of hydrogen-bond donors (Lipinski definition) is 3. The van der Waals surface area contributed by atoms with Gasteiger partial charge in [-0.25, -0.2) is 0 Å². The number of nitrogens with two attached hydrogens (primary N) is 1. The van der Waals surface area contributed by atoms with Gasteiger partial charge >= 0.3 is 0 Å². The molecule has 0 atom stereocenters. The Balaban J connectivity index is 1.95. The number of aromatic nitrogens is 2. The first kappa shape index (κ1) is 10.4. The lowest BCUT2D eigenvalue weighted by Gasteiger charge is -2.01. The molecule has 3 aromatic rings. The van der Waals surface area contributed by atoms with E-state index in [2.05, 4.69) is 15.5 Å². The molecule has 18 heavy (non-hydrogen) atoms. The zero-order valence-electron chi connectivity index (χ0n) is 9.31. The van der Waals surface area contributed by atoms with Gasteiger partial charge in [0.05, 0.1) is 17.4 Å². The monoisotopic (exact) mass is 242 g/mol. The number of benzene rings is 1. The highest BCUT2D eigenvalue weighted by molar-refractivity contribution is 6.12. The molecular formula is C12H10N4O2. The number of aromatic amines is 1. The first-order valence-electron chi connectivity index (χ1n) is 5.32. The summed E-state index contributed by atoms with van der Waals surface area (Å²) in [6, 6.07) is 7.32. The van der Waals surface area contributed by atoms with Gasteiger partial charge in [0.25, 0.3) is 5.91 Å². The Morgan fingerprint density at radius 1 is 1.39 bits per heavy atom. The van der Waals surface area contributed by atoms with Crippen LogP contribution < -0.4 is 11.1 Å². The van der Waals surface area contributed by atoms with E-state index in [4.69, 9.17) is 10.2 Å². The summed E-state index contributed by atoms with van der Waals surface area (Å²) in [6.07, 6.45) is 2.86. The van der Waals surface area contributed by atoms with Crippen LogP contribution in [-0.4, -0.2) is 16.1 Å². The van der Waals surface area contributed by atoms with Gasteiger partial charge in [-0.15, -0.1) is 0 Å². The Hall–Kier alpha value is -2.76. The number of para-hydroxylation sites is 1. The number of carbonyl (C=O) groups is 1. The molecule has 0 aliphatic heterocycles. The van der Waals surface area contributed by atoms with Crippen LogP contribution in [0.1, 0.15) is 10.4 Å². The van der Waals surface area contributed by atoms with E-state index >= 15 is 0 Å². The van der Waals surface area contributed by atoms with Crippen LogP contribution in [0.4, 0.5) is 11.5 Å². The molecule has 0 bridgehead atoms. The van der Waals surface area contributed by atoms with Crippen molar-refractivity contribution in [1.82, 2.24) is 10.2 Å². The van der Waals surface area contributed by atoms with Gasteiger partial charge in [0.2, 0.25) is 0 Å².